The maximum absolute atomic E-state index is 12.4. The molecule has 2 aromatic heterocycles. The van der Waals surface area contributed by atoms with Crippen molar-refractivity contribution in [3.8, 4) is 5.75 Å². The molecule has 35 heavy (non-hydrogen) atoms. The summed E-state index contributed by atoms with van der Waals surface area (Å²) in [6, 6.07) is 3.33. The van der Waals surface area contributed by atoms with Gasteiger partial charge in [-0.25, -0.2) is 28.2 Å². The first-order chi connectivity index (χ1) is 16.4. The first-order valence-corrected chi connectivity index (χ1v) is 13.5. The van der Waals surface area contributed by atoms with Crippen molar-refractivity contribution in [3.63, 3.8) is 0 Å². The second-order valence-corrected chi connectivity index (χ2v) is 11.8. The summed E-state index contributed by atoms with van der Waals surface area (Å²) < 4.78 is 35.0. The van der Waals surface area contributed by atoms with Crippen LogP contribution in [0.1, 0.15) is 39.3 Å². The van der Waals surface area contributed by atoms with Crippen molar-refractivity contribution in [2.45, 2.75) is 57.2 Å². The number of fused-ring (bicyclic) bond motifs is 1. The van der Waals surface area contributed by atoms with Crippen LogP contribution in [0.5, 0.6) is 5.75 Å². The van der Waals surface area contributed by atoms with Gasteiger partial charge in [0.15, 0.2) is 26.5 Å². The van der Waals surface area contributed by atoms with E-state index in [2.05, 4.69) is 25.2 Å². The lowest BCUT2D eigenvalue weighted by Gasteiger charge is -2.41. The molecule has 2 aliphatic heterocycles. The molecule has 2 aromatic rings. The van der Waals surface area contributed by atoms with Gasteiger partial charge in [0.1, 0.15) is 18.5 Å². The number of carbonyl (C=O) groups excluding carboxylic acids is 1. The normalized spacial score (nSPS) is 16.9. The molecule has 0 radical (unpaired) electrons. The third kappa shape index (κ3) is 5.75. The van der Waals surface area contributed by atoms with Crippen LogP contribution in [0, 0.1) is 6.92 Å². The van der Waals surface area contributed by atoms with E-state index in [1.807, 2.05) is 20.8 Å². The number of sulfone groups is 1. The number of anilines is 3. The fourth-order valence-corrected chi connectivity index (χ4v) is 4.81. The number of aryl methyl sites for hydroxylation is 1. The Balaban J connectivity index is 1.49. The monoisotopic (exact) mass is 504 g/mol. The minimum Gasteiger partial charge on any atom is -0.485 e. The van der Waals surface area contributed by atoms with Crippen molar-refractivity contribution in [1.82, 2.24) is 19.9 Å². The van der Waals surface area contributed by atoms with E-state index in [1.54, 1.807) is 17.9 Å². The summed E-state index contributed by atoms with van der Waals surface area (Å²) in [7, 11) is -3.40. The lowest BCUT2D eigenvalue weighted by molar-refractivity contribution is 0.0203. The zero-order valence-electron chi connectivity index (χ0n) is 20.7. The highest BCUT2D eigenvalue weighted by Crippen LogP contribution is 2.39. The first kappa shape index (κ1) is 25.0. The smallest absolute Gasteiger partial charge is 0.410 e. The molecule has 190 valence electrons. The number of piperidine rings is 1. The van der Waals surface area contributed by atoms with Gasteiger partial charge in [0, 0.05) is 25.4 Å². The van der Waals surface area contributed by atoms with Gasteiger partial charge in [-0.15, -0.1) is 0 Å². The third-order valence-electron chi connectivity index (χ3n) is 5.89. The fourth-order valence-electron chi connectivity index (χ4n) is 4.19. The van der Waals surface area contributed by atoms with Gasteiger partial charge in [0.2, 0.25) is 5.75 Å². The summed E-state index contributed by atoms with van der Waals surface area (Å²) in [4.78, 5) is 29.4. The number of aromatic nitrogens is 3. The molecule has 1 fully saturated rings. The summed E-state index contributed by atoms with van der Waals surface area (Å²) in [5.74, 6) is 1.73. The maximum atomic E-state index is 12.4. The number of rotatable bonds is 4. The van der Waals surface area contributed by atoms with Gasteiger partial charge in [0.25, 0.3) is 0 Å². The van der Waals surface area contributed by atoms with Crippen molar-refractivity contribution < 1.29 is 22.7 Å². The highest BCUT2D eigenvalue weighted by Gasteiger charge is 2.33. The number of ether oxygens (including phenoxy) is 2. The minimum atomic E-state index is -3.40. The van der Waals surface area contributed by atoms with Crippen LogP contribution in [0.4, 0.5) is 22.1 Å². The summed E-state index contributed by atoms with van der Waals surface area (Å²) in [6.07, 6.45) is 3.91. The highest BCUT2D eigenvalue weighted by atomic mass is 32.2. The first-order valence-electron chi connectivity index (χ1n) is 11.6. The largest absolute Gasteiger partial charge is 0.485 e. The Labute approximate surface area is 205 Å². The molecule has 1 saturated heterocycles. The Hall–Kier alpha value is -3.15. The van der Waals surface area contributed by atoms with Crippen LogP contribution < -0.4 is 15.0 Å². The molecule has 1 amide bonds. The Kier molecular flexibility index (Phi) is 6.76. The van der Waals surface area contributed by atoms with E-state index in [-0.39, 0.29) is 17.2 Å². The van der Waals surface area contributed by atoms with E-state index in [4.69, 9.17) is 9.47 Å². The molecule has 0 atom stereocenters. The van der Waals surface area contributed by atoms with E-state index in [1.165, 1.54) is 12.4 Å². The lowest BCUT2D eigenvalue weighted by Crippen LogP contribution is -2.50. The summed E-state index contributed by atoms with van der Waals surface area (Å²) >= 11 is 0. The van der Waals surface area contributed by atoms with Crippen molar-refractivity contribution in [2.24, 2.45) is 0 Å². The topological polar surface area (TPSA) is 127 Å². The Morgan fingerprint density at radius 1 is 1.17 bits per heavy atom. The summed E-state index contributed by atoms with van der Waals surface area (Å²) in [6.45, 7) is 9.72. The van der Waals surface area contributed by atoms with E-state index in [0.29, 0.717) is 55.0 Å². The molecular weight excluding hydrogens is 472 g/mol. The Morgan fingerprint density at radius 3 is 2.51 bits per heavy atom. The molecule has 11 nitrogen and oxygen atoms in total. The van der Waals surface area contributed by atoms with Crippen molar-refractivity contribution in [3.05, 3.63) is 24.2 Å². The van der Waals surface area contributed by atoms with E-state index in [9.17, 15) is 13.2 Å². The SMILES string of the molecule is Cc1nc(S(C)(=O)=O)ccc1Nc1ncnc2c1OCCN2C1CCN(C(=O)OC(C)(C)C)CC1. The van der Waals surface area contributed by atoms with Crippen LogP contribution in [-0.2, 0) is 14.6 Å². The van der Waals surface area contributed by atoms with Crippen molar-refractivity contribution in [1.29, 1.82) is 0 Å². The van der Waals surface area contributed by atoms with Gasteiger partial charge in [-0.1, -0.05) is 0 Å². The quantitative estimate of drug-likeness (QED) is 0.664. The molecule has 0 unspecified atom stereocenters. The summed E-state index contributed by atoms with van der Waals surface area (Å²) in [5.41, 5.74) is 0.642. The van der Waals surface area contributed by atoms with Crippen LogP contribution in [0.15, 0.2) is 23.5 Å². The number of likely N-dealkylation sites (tertiary alicyclic amines) is 1. The van der Waals surface area contributed by atoms with E-state index >= 15 is 0 Å². The van der Waals surface area contributed by atoms with Crippen LogP contribution >= 0.6 is 0 Å². The Bertz CT molecular complexity index is 1210. The average Bonchev–Trinajstić information content (AvgIpc) is 2.78. The minimum absolute atomic E-state index is 0.0189. The molecule has 0 aliphatic carbocycles. The van der Waals surface area contributed by atoms with Crippen molar-refractivity contribution in [2.75, 3.05) is 42.7 Å². The molecule has 0 spiro atoms. The molecule has 0 bridgehead atoms. The Morgan fingerprint density at radius 2 is 1.89 bits per heavy atom. The van der Waals surface area contributed by atoms with Gasteiger partial charge in [-0.2, -0.15) is 0 Å². The molecule has 4 rings (SSSR count). The van der Waals surface area contributed by atoms with Gasteiger partial charge in [-0.05, 0) is 52.7 Å². The number of nitrogens with zero attached hydrogens (tertiary/aromatic N) is 5. The second kappa shape index (κ2) is 9.48. The standard InChI is InChI=1S/C23H32N6O5S/c1-15-17(6-7-18(26-15)35(5,31)32)27-20-19-21(25-14-24-20)29(12-13-33-19)16-8-10-28(11-9-16)22(30)34-23(2,3)4/h6-7,14,16H,8-13H2,1-5H3,(H,24,25,27). The van der Waals surface area contributed by atoms with E-state index in [0.717, 1.165) is 19.1 Å². The molecule has 12 heteroatoms. The fraction of sp³-hybridized carbons (Fsp3) is 0.565. The highest BCUT2D eigenvalue weighted by molar-refractivity contribution is 7.90. The van der Waals surface area contributed by atoms with Gasteiger partial charge >= 0.3 is 6.09 Å². The molecule has 0 saturated carbocycles. The predicted molar refractivity (Wildman–Crippen MR) is 131 cm³/mol. The van der Waals surface area contributed by atoms with Gasteiger partial charge in [0.05, 0.1) is 17.9 Å². The van der Waals surface area contributed by atoms with Crippen LogP contribution in [0.25, 0.3) is 0 Å². The average molecular weight is 505 g/mol. The molecule has 4 heterocycles. The molecular formula is C23H32N6O5S. The zero-order valence-corrected chi connectivity index (χ0v) is 21.6. The summed E-state index contributed by atoms with van der Waals surface area (Å²) in [5, 5.41) is 3.24. The van der Waals surface area contributed by atoms with Gasteiger partial charge in [-0.3, -0.25) is 0 Å². The van der Waals surface area contributed by atoms with Crippen LogP contribution in [0.3, 0.4) is 0 Å². The van der Waals surface area contributed by atoms with Gasteiger partial charge < -0.3 is 24.6 Å². The van der Waals surface area contributed by atoms with Crippen molar-refractivity contribution >= 4 is 33.3 Å². The van der Waals surface area contributed by atoms with Crippen LogP contribution in [-0.4, -0.2) is 78.5 Å². The second-order valence-electron chi connectivity index (χ2n) is 9.80. The molecule has 2 aliphatic rings. The number of pyridine rings is 1. The lowest BCUT2D eigenvalue weighted by atomic mass is 10.0. The van der Waals surface area contributed by atoms with Crippen LogP contribution in [0.2, 0.25) is 0 Å². The third-order valence-corrected chi connectivity index (χ3v) is 6.87. The zero-order chi connectivity index (χ0) is 25.4. The van der Waals surface area contributed by atoms with E-state index < -0.39 is 15.4 Å². The molecule has 0 aromatic carbocycles. The molecule has 1 N–H and O–H groups in total. The number of amides is 1. The number of hydrogen-bond acceptors (Lipinski definition) is 10. The predicted octanol–water partition coefficient (Wildman–Crippen LogP) is 2.93. The number of hydrogen-bond donors (Lipinski definition) is 1. The number of nitrogens with one attached hydrogen (secondary N) is 1. The number of carbonyl (C=O) groups is 1. The maximum Gasteiger partial charge on any atom is 0.410 e.